The number of pyridine rings is 1. The SMILES string of the molecule is CC1CCN(c2ccc(CNC3=NCCCN3)cn2)CC1. The number of piperidine rings is 1. The van der Waals surface area contributed by atoms with Crippen LogP contribution in [0.2, 0.25) is 0 Å². The highest BCUT2D eigenvalue weighted by molar-refractivity contribution is 5.80. The average molecular weight is 287 g/mol. The van der Waals surface area contributed by atoms with Gasteiger partial charge in [-0.05, 0) is 36.8 Å². The van der Waals surface area contributed by atoms with E-state index in [-0.39, 0.29) is 0 Å². The van der Waals surface area contributed by atoms with E-state index in [0.717, 1.165) is 56.8 Å². The zero-order chi connectivity index (χ0) is 14.5. The lowest BCUT2D eigenvalue weighted by molar-refractivity contribution is 0.436. The Bertz CT molecular complexity index is 474. The lowest BCUT2D eigenvalue weighted by Gasteiger charge is -2.31. The quantitative estimate of drug-likeness (QED) is 0.889. The molecule has 1 saturated heterocycles. The third kappa shape index (κ3) is 3.86. The second-order valence-corrected chi connectivity index (χ2v) is 6.06. The van der Waals surface area contributed by atoms with Gasteiger partial charge in [0.1, 0.15) is 5.82 Å². The molecule has 0 saturated carbocycles. The van der Waals surface area contributed by atoms with E-state index in [4.69, 9.17) is 0 Å². The summed E-state index contributed by atoms with van der Waals surface area (Å²) in [5.74, 6) is 2.88. The smallest absolute Gasteiger partial charge is 0.191 e. The summed E-state index contributed by atoms with van der Waals surface area (Å²) < 4.78 is 0. The highest BCUT2D eigenvalue weighted by Gasteiger charge is 2.16. The summed E-state index contributed by atoms with van der Waals surface area (Å²) in [5, 5.41) is 6.59. The predicted molar refractivity (Wildman–Crippen MR) is 86.6 cm³/mol. The van der Waals surface area contributed by atoms with Gasteiger partial charge in [-0.25, -0.2) is 4.98 Å². The van der Waals surface area contributed by atoms with Crippen LogP contribution in [0.1, 0.15) is 31.7 Å². The first-order valence-electron chi connectivity index (χ1n) is 8.03. The molecule has 0 amide bonds. The molecule has 2 aliphatic heterocycles. The number of aromatic nitrogens is 1. The number of anilines is 1. The van der Waals surface area contributed by atoms with E-state index in [9.17, 15) is 0 Å². The van der Waals surface area contributed by atoms with Gasteiger partial charge in [0.15, 0.2) is 5.96 Å². The Labute approximate surface area is 126 Å². The summed E-state index contributed by atoms with van der Waals surface area (Å²) in [6, 6.07) is 4.31. The second kappa shape index (κ2) is 6.78. The third-order valence-electron chi connectivity index (χ3n) is 4.27. The molecule has 3 heterocycles. The number of nitrogens with zero attached hydrogens (tertiary/aromatic N) is 3. The van der Waals surface area contributed by atoms with E-state index in [0.29, 0.717) is 0 Å². The minimum atomic E-state index is 0.774. The highest BCUT2D eigenvalue weighted by Crippen LogP contribution is 2.21. The zero-order valence-electron chi connectivity index (χ0n) is 12.8. The van der Waals surface area contributed by atoms with Gasteiger partial charge in [-0.3, -0.25) is 4.99 Å². The molecule has 21 heavy (non-hydrogen) atoms. The molecular formula is C16H25N5. The Morgan fingerprint density at radius 2 is 2.19 bits per heavy atom. The highest BCUT2D eigenvalue weighted by atomic mass is 15.2. The maximum absolute atomic E-state index is 4.62. The molecule has 1 aromatic rings. The summed E-state index contributed by atoms with van der Waals surface area (Å²) in [6.07, 6.45) is 5.65. The summed E-state index contributed by atoms with van der Waals surface area (Å²) in [5.41, 5.74) is 1.19. The average Bonchev–Trinajstić information content (AvgIpc) is 2.55. The van der Waals surface area contributed by atoms with Gasteiger partial charge in [-0.1, -0.05) is 13.0 Å². The normalized spacial score (nSPS) is 19.9. The van der Waals surface area contributed by atoms with Crippen molar-refractivity contribution < 1.29 is 0 Å². The topological polar surface area (TPSA) is 52.5 Å². The minimum Gasteiger partial charge on any atom is -0.357 e. The number of guanidine groups is 1. The molecule has 0 aliphatic carbocycles. The van der Waals surface area contributed by atoms with E-state index in [1.165, 1.54) is 18.4 Å². The lowest BCUT2D eigenvalue weighted by atomic mass is 9.99. The Hall–Kier alpha value is -1.78. The number of hydrogen-bond acceptors (Lipinski definition) is 5. The molecule has 5 heteroatoms. The van der Waals surface area contributed by atoms with E-state index < -0.39 is 0 Å². The van der Waals surface area contributed by atoms with Crippen molar-refractivity contribution in [3.63, 3.8) is 0 Å². The van der Waals surface area contributed by atoms with E-state index >= 15 is 0 Å². The molecule has 3 rings (SSSR count). The molecule has 0 radical (unpaired) electrons. The van der Waals surface area contributed by atoms with Gasteiger partial charge >= 0.3 is 0 Å². The van der Waals surface area contributed by atoms with Crippen LogP contribution in [0.25, 0.3) is 0 Å². The fourth-order valence-electron chi connectivity index (χ4n) is 2.78. The molecule has 0 bridgehead atoms. The molecule has 1 fully saturated rings. The zero-order valence-corrected chi connectivity index (χ0v) is 12.8. The number of aliphatic imine (C=N–C) groups is 1. The predicted octanol–water partition coefficient (Wildman–Crippen LogP) is 1.76. The van der Waals surface area contributed by atoms with Gasteiger partial charge < -0.3 is 15.5 Å². The molecule has 2 N–H and O–H groups in total. The maximum Gasteiger partial charge on any atom is 0.191 e. The van der Waals surface area contributed by atoms with Crippen LogP contribution in [0.3, 0.4) is 0 Å². The van der Waals surface area contributed by atoms with Crippen LogP contribution in [0.15, 0.2) is 23.3 Å². The van der Waals surface area contributed by atoms with Crippen LogP contribution in [0.5, 0.6) is 0 Å². The molecule has 1 aromatic heterocycles. The van der Waals surface area contributed by atoms with Crippen LogP contribution < -0.4 is 15.5 Å². The van der Waals surface area contributed by atoms with Crippen molar-refractivity contribution in [1.82, 2.24) is 15.6 Å². The van der Waals surface area contributed by atoms with Gasteiger partial charge in [0.05, 0.1) is 0 Å². The summed E-state index contributed by atoms with van der Waals surface area (Å²) >= 11 is 0. The second-order valence-electron chi connectivity index (χ2n) is 6.06. The Kier molecular flexibility index (Phi) is 4.58. The summed E-state index contributed by atoms with van der Waals surface area (Å²) in [6.45, 7) is 7.30. The fraction of sp³-hybridized carbons (Fsp3) is 0.625. The first kappa shape index (κ1) is 14.2. The molecule has 0 atom stereocenters. The Balaban J connectivity index is 1.53. The van der Waals surface area contributed by atoms with Crippen LogP contribution in [0, 0.1) is 5.92 Å². The monoisotopic (exact) mass is 287 g/mol. The van der Waals surface area contributed by atoms with Crippen molar-refractivity contribution in [2.24, 2.45) is 10.9 Å². The van der Waals surface area contributed by atoms with Gasteiger partial charge in [0.2, 0.25) is 0 Å². The largest absolute Gasteiger partial charge is 0.357 e. The first-order valence-corrected chi connectivity index (χ1v) is 8.03. The number of rotatable bonds is 3. The van der Waals surface area contributed by atoms with Crippen molar-refractivity contribution in [1.29, 1.82) is 0 Å². The van der Waals surface area contributed by atoms with E-state index in [2.05, 4.69) is 44.6 Å². The van der Waals surface area contributed by atoms with Crippen molar-refractivity contribution >= 4 is 11.8 Å². The number of hydrogen-bond donors (Lipinski definition) is 2. The molecular weight excluding hydrogens is 262 g/mol. The van der Waals surface area contributed by atoms with Crippen molar-refractivity contribution in [3.8, 4) is 0 Å². The molecule has 0 unspecified atom stereocenters. The number of nitrogens with one attached hydrogen (secondary N) is 2. The van der Waals surface area contributed by atoms with Crippen LogP contribution in [-0.4, -0.2) is 37.1 Å². The van der Waals surface area contributed by atoms with Crippen molar-refractivity contribution in [3.05, 3.63) is 23.9 Å². The van der Waals surface area contributed by atoms with E-state index in [1.54, 1.807) is 0 Å². The standard InChI is InChI=1S/C16H25N5/c1-13-5-9-21(10-6-13)15-4-3-14(11-19-15)12-20-16-17-7-2-8-18-16/h3-4,11,13H,2,5-10,12H2,1H3,(H2,17,18,20). The van der Waals surface area contributed by atoms with Crippen LogP contribution in [-0.2, 0) is 6.54 Å². The van der Waals surface area contributed by atoms with Crippen molar-refractivity contribution in [2.75, 3.05) is 31.1 Å². The third-order valence-corrected chi connectivity index (χ3v) is 4.27. The maximum atomic E-state index is 4.62. The van der Waals surface area contributed by atoms with Crippen LogP contribution in [0.4, 0.5) is 5.82 Å². The Morgan fingerprint density at radius 3 is 2.86 bits per heavy atom. The molecule has 114 valence electrons. The molecule has 2 aliphatic rings. The van der Waals surface area contributed by atoms with E-state index in [1.807, 2.05) is 6.20 Å². The molecule has 5 nitrogen and oxygen atoms in total. The molecule has 0 aromatic carbocycles. The summed E-state index contributed by atoms with van der Waals surface area (Å²) in [4.78, 5) is 11.4. The fourth-order valence-corrected chi connectivity index (χ4v) is 2.78. The summed E-state index contributed by atoms with van der Waals surface area (Å²) in [7, 11) is 0. The van der Waals surface area contributed by atoms with Gasteiger partial charge in [0, 0.05) is 38.9 Å². The van der Waals surface area contributed by atoms with Gasteiger partial charge in [-0.2, -0.15) is 0 Å². The van der Waals surface area contributed by atoms with Crippen molar-refractivity contribution in [2.45, 2.75) is 32.7 Å². The van der Waals surface area contributed by atoms with Gasteiger partial charge in [-0.15, -0.1) is 0 Å². The Morgan fingerprint density at radius 1 is 1.33 bits per heavy atom. The lowest BCUT2D eigenvalue weighted by Crippen LogP contribution is -2.40. The van der Waals surface area contributed by atoms with Crippen LogP contribution >= 0.6 is 0 Å². The van der Waals surface area contributed by atoms with Gasteiger partial charge in [0.25, 0.3) is 0 Å². The first-order chi connectivity index (χ1) is 10.3. The minimum absolute atomic E-state index is 0.774. The molecule has 0 spiro atoms.